The minimum Gasteiger partial charge on any atom is -0.310 e. The Balaban J connectivity index is 1.31. The quantitative estimate of drug-likeness (QED) is 0.154. The van der Waals surface area contributed by atoms with Crippen LogP contribution in [0, 0.1) is 13.8 Å². The number of aromatic nitrogens is 1. The summed E-state index contributed by atoms with van der Waals surface area (Å²) in [6, 6.07) is 49.8. The van der Waals surface area contributed by atoms with Crippen LogP contribution in [0.15, 0.2) is 164 Å². The predicted octanol–water partition coefficient (Wildman–Crippen LogP) is 16.7. The molecule has 2 heterocycles. The molecule has 0 saturated heterocycles. The van der Waals surface area contributed by atoms with Crippen molar-refractivity contribution >= 4 is 72.1 Å². The monoisotopic (exact) mass is 855 g/mol. The van der Waals surface area contributed by atoms with Gasteiger partial charge < -0.3 is 14.2 Å². The summed E-state index contributed by atoms with van der Waals surface area (Å²) in [5, 5.41) is 4.57. The van der Waals surface area contributed by atoms with Crippen LogP contribution in [0.5, 0.6) is 0 Å². The number of hydrogen-bond acceptors (Lipinski definition) is 2. The van der Waals surface area contributed by atoms with E-state index in [2.05, 4.69) is 48.6 Å². The van der Waals surface area contributed by atoms with E-state index in [1.165, 1.54) is 24.3 Å². The number of halogens is 6. The number of para-hydroxylation sites is 2. The van der Waals surface area contributed by atoms with Gasteiger partial charge in [0, 0.05) is 55.3 Å². The molecule has 2 aromatic heterocycles. The molecule has 0 bridgehead atoms. The lowest BCUT2D eigenvalue weighted by Crippen LogP contribution is -2.17. The molecule has 0 saturated carbocycles. The minimum absolute atomic E-state index is 0.366. The molecule has 0 radical (unpaired) electrons. The van der Waals surface area contributed by atoms with Gasteiger partial charge in [-0.15, -0.1) is 0 Å². The number of anilines is 6. The molecule has 0 N–H and O–H groups in total. The standard InChI is InChI=1S/C55H39F6N3/c1-32-25-34(54(56,57)58)29-38(27-32)62(36-15-7-5-8-16-36)45-24-23-43-48-41-20-12-11-19-40(41)46(63(37-17-9-6-10-18-37)39-28-33(2)26-35(30-39)55(59,60)61)31-47(48)64-51(43)49(45)50-52(64)42-21-13-14-22-44(42)53(50,3)4/h5-31H,1-4H3. The normalized spacial score (nSPS) is 13.6. The Bertz CT molecular complexity index is 3480. The summed E-state index contributed by atoms with van der Waals surface area (Å²) in [6.07, 6.45) is -9.14. The zero-order chi connectivity index (χ0) is 44.4. The van der Waals surface area contributed by atoms with Crippen molar-refractivity contribution in [3.05, 3.63) is 197 Å². The van der Waals surface area contributed by atoms with E-state index in [0.29, 0.717) is 39.6 Å². The molecule has 0 atom stereocenters. The van der Waals surface area contributed by atoms with E-state index in [4.69, 9.17) is 0 Å². The molecule has 9 heteroatoms. The first-order valence-corrected chi connectivity index (χ1v) is 21.1. The maximum Gasteiger partial charge on any atom is 0.416 e. The number of hydrogen-bond donors (Lipinski definition) is 0. The fourth-order valence-corrected chi connectivity index (χ4v) is 10.4. The topological polar surface area (TPSA) is 10.9 Å². The van der Waals surface area contributed by atoms with Crippen LogP contribution < -0.4 is 9.80 Å². The first-order chi connectivity index (χ1) is 30.6. The molecule has 0 fully saturated rings. The van der Waals surface area contributed by atoms with Crippen LogP contribution in [0.4, 0.5) is 60.5 Å². The first-order valence-electron chi connectivity index (χ1n) is 21.1. The second kappa shape index (κ2) is 13.9. The van der Waals surface area contributed by atoms with Gasteiger partial charge in [-0.3, -0.25) is 0 Å². The third-order valence-corrected chi connectivity index (χ3v) is 12.9. The molecule has 0 aliphatic heterocycles. The molecule has 3 nitrogen and oxygen atoms in total. The first kappa shape index (κ1) is 39.6. The lowest BCUT2D eigenvalue weighted by molar-refractivity contribution is -0.138. The molecule has 0 amide bonds. The lowest BCUT2D eigenvalue weighted by atomic mass is 9.81. The summed E-state index contributed by atoms with van der Waals surface area (Å²) in [4.78, 5) is 3.84. The van der Waals surface area contributed by atoms with Crippen molar-refractivity contribution in [1.82, 2.24) is 4.40 Å². The Labute approximate surface area is 365 Å². The third-order valence-electron chi connectivity index (χ3n) is 12.9. The van der Waals surface area contributed by atoms with E-state index in [9.17, 15) is 26.3 Å². The Morgan fingerprint density at radius 1 is 0.469 bits per heavy atom. The van der Waals surface area contributed by atoms with Gasteiger partial charge in [0.1, 0.15) is 0 Å². The third kappa shape index (κ3) is 5.90. The van der Waals surface area contributed by atoms with Crippen molar-refractivity contribution in [1.29, 1.82) is 0 Å². The smallest absolute Gasteiger partial charge is 0.310 e. The highest BCUT2D eigenvalue weighted by atomic mass is 19.4. The van der Waals surface area contributed by atoms with Crippen molar-refractivity contribution in [3.63, 3.8) is 0 Å². The zero-order valence-corrected chi connectivity index (χ0v) is 35.2. The van der Waals surface area contributed by atoms with Gasteiger partial charge in [0.25, 0.3) is 0 Å². The molecule has 8 aromatic carbocycles. The van der Waals surface area contributed by atoms with Gasteiger partial charge in [0.2, 0.25) is 0 Å². The van der Waals surface area contributed by atoms with Crippen LogP contribution >= 0.6 is 0 Å². The van der Waals surface area contributed by atoms with Gasteiger partial charge in [0.15, 0.2) is 0 Å². The highest BCUT2D eigenvalue weighted by Gasteiger charge is 2.43. The average Bonchev–Trinajstić information content (AvgIpc) is 3.87. The van der Waals surface area contributed by atoms with E-state index in [0.717, 1.165) is 66.0 Å². The van der Waals surface area contributed by atoms with Crippen LogP contribution in [0.2, 0.25) is 0 Å². The number of rotatable bonds is 6. The molecule has 316 valence electrons. The predicted molar refractivity (Wildman–Crippen MR) is 248 cm³/mol. The number of alkyl halides is 6. The molecule has 64 heavy (non-hydrogen) atoms. The van der Waals surface area contributed by atoms with Crippen LogP contribution in [0.1, 0.15) is 47.2 Å². The van der Waals surface area contributed by atoms with Crippen molar-refractivity contribution < 1.29 is 26.3 Å². The molecule has 10 aromatic rings. The van der Waals surface area contributed by atoms with Gasteiger partial charge in [-0.2, -0.15) is 26.3 Å². The highest BCUT2D eigenvalue weighted by molar-refractivity contribution is 6.30. The molecular weight excluding hydrogens is 817 g/mol. The van der Waals surface area contributed by atoms with Gasteiger partial charge in [-0.25, -0.2) is 0 Å². The highest BCUT2D eigenvalue weighted by Crippen LogP contribution is 2.59. The molecule has 0 spiro atoms. The van der Waals surface area contributed by atoms with Crippen LogP contribution in [0.3, 0.4) is 0 Å². The summed E-state index contributed by atoms with van der Waals surface area (Å²) in [7, 11) is 0. The van der Waals surface area contributed by atoms with Crippen molar-refractivity contribution in [2.24, 2.45) is 0 Å². The lowest BCUT2D eigenvalue weighted by Gasteiger charge is -2.29. The summed E-state index contributed by atoms with van der Waals surface area (Å²) >= 11 is 0. The Hall–Kier alpha value is -7.26. The van der Waals surface area contributed by atoms with Crippen molar-refractivity contribution in [2.75, 3.05) is 9.80 Å². The fourth-order valence-electron chi connectivity index (χ4n) is 10.4. The van der Waals surface area contributed by atoms with Crippen molar-refractivity contribution in [2.45, 2.75) is 45.5 Å². The second-order valence-corrected chi connectivity index (χ2v) is 17.4. The second-order valence-electron chi connectivity index (χ2n) is 17.4. The number of benzene rings is 8. The Morgan fingerprint density at radius 2 is 0.984 bits per heavy atom. The van der Waals surface area contributed by atoms with Gasteiger partial charge in [-0.05, 0) is 114 Å². The summed E-state index contributed by atoms with van der Waals surface area (Å²) in [6.45, 7) is 7.75. The number of aryl methyl sites for hydroxylation is 2. The van der Waals surface area contributed by atoms with Crippen LogP contribution in [-0.2, 0) is 17.8 Å². The molecule has 1 aliphatic carbocycles. The number of fused-ring (bicyclic) bond motifs is 10. The largest absolute Gasteiger partial charge is 0.416 e. The minimum atomic E-state index is -4.57. The van der Waals surface area contributed by atoms with Gasteiger partial charge >= 0.3 is 12.4 Å². The van der Waals surface area contributed by atoms with Crippen LogP contribution in [0.25, 0.3) is 49.2 Å². The number of nitrogens with zero attached hydrogens (tertiary/aromatic N) is 3. The van der Waals surface area contributed by atoms with E-state index in [1.54, 1.807) is 26.0 Å². The molecule has 0 unspecified atom stereocenters. The summed E-state index contributed by atoms with van der Waals surface area (Å²) in [5.41, 5.74) is 8.40. The van der Waals surface area contributed by atoms with E-state index in [1.807, 2.05) is 107 Å². The summed E-state index contributed by atoms with van der Waals surface area (Å²) in [5.74, 6) is 0. The van der Waals surface area contributed by atoms with Crippen molar-refractivity contribution in [3.8, 4) is 11.3 Å². The summed E-state index contributed by atoms with van der Waals surface area (Å²) < 4.78 is 89.6. The van der Waals surface area contributed by atoms with E-state index >= 15 is 0 Å². The SMILES string of the molecule is Cc1cc(N(c2ccccc2)c2cc3c(c4ccccc24)c2ccc(N(c4ccccc4)c4cc(C)cc(C(F)(F)F)c4)c4c5c(n3c42)-c2ccccc2C5(C)C)cc(C(F)(F)F)c1. The Morgan fingerprint density at radius 3 is 1.56 bits per heavy atom. The fraction of sp³-hybridized carbons (Fsp3) is 0.127. The maximum atomic E-state index is 14.6. The van der Waals surface area contributed by atoms with Gasteiger partial charge in [0.05, 0.1) is 39.2 Å². The Kier molecular flexibility index (Phi) is 8.58. The average molecular weight is 856 g/mol. The van der Waals surface area contributed by atoms with Crippen LogP contribution in [-0.4, -0.2) is 4.40 Å². The van der Waals surface area contributed by atoms with Gasteiger partial charge in [-0.1, -0.05) is 105 Å². The maximum absolute atomic E-state index is 14.6. The molecule has 11 rings (SSSR count). The zero-order valence-electron chi connectivity index (χ0n) is 35.2. The van der Waals surface area contributed by atoms with E-state index < -0.39 is 28.9 Å². The molecular formula is C55H39F6N3. The van der Waals surface area contributed by atoms with E-state index in [-0.39, 0.29) is 0 Å². The molecule has 1 aliphatic rings.